The van der Waals surface area contributed by atoms with Gasteiger partial charge in [0.25, 0.3) is 5.91 Å². The molecule has 9 nitrogen and oxygen atoms in total. The summed E-state index contributed by atoms with van der Waals surface area (Å²) in [7, 11) is -3.60. The van der Waals surface area contributed by atoms with Crippen molar-refractivity contribution < 1.29 is 17.9 Å². The van der Waals surface area contributed by atoms with Crippen molar-refractivity contribution in [3.8, 4) is 5.69 Å². The smallest absolute Gasteiger partial charge is 0.259 e. The number of morpholine rings is 1. The molecule has 0 atom stereocenters. The van der Waals surface area contributed by atoms with E-state index in [4.69, 9.17) is 4.74 Å². The van der Waals surface area contributed by atoms with Gasteiger partial charge in [-0.05, 0) is 50.2 Å². The fraction of sp³-hybridized carbons (Fsp3) is 0.280. The first kappa shape index (κ1) is 24.6. The van der Waals surface area contributed by atoms with Crippen LogP contribution in [0.1, 0.15) is 17.0 Å². The Morgan fingerprint density at radius 2 is 1.80 bits per heavy atom. The second-order valence-electron chi connectivity index (χ2n) is 8.19. The molecule has 10 heteroatoms. The van der Waals surface area contributed by atoms with Crippen LogP contribution in [0.3, 0.4) is 0 Å². The number of para-hydroxylation sites is 1. The fourth-order valence-corrected chi connectivity index (χ4v) is 5.43. The van der Waals surface area contributed by atoms with Gasteiger partial charge in [0, 0.05) is 41.4 Å². The number of ether oxygens (including phenoxy) is 1. The summed E-state index contributed by atoms with van der Waals surface area (Å²) in [6, 6.07) is 18.3. The number of carbonyl (C=O) groups is 1. The largest absolute Gasteiger partial charge is 0.379 e. The molecule has 0 radical (unpaired) electrons. The third kappa shape index (κ3) is 5.79. The van der Waals surface area contributed by atoms with E-state index in [1.807, 2.05) is 60.9 Å². The quantitative estimate of drug-likeness (QED) is 0.369. The molecule has 0 bridgehead atoms. The second kappa shape index (κ2) is 10.9. The van der Waals surface area contributed by atoms with Gasteiger partial charge in [-0.1, -0.05) is 24.3 Å². The molecule has 184 valence electrons. The van der Waals surface area contributed by atoms with Crippen LogP contribution in [0, 0.1) is 13.8 Å². The van der Waals surface area contributed by atoms with E-state index in [-0.39, 0.29) is 17.3 Å². The van der Waals surface area contributed by atoms with E-state index >= 15 is 0 Å². The van der Waals surface area contributed by atoms with Gasteiger partial charge in [-0.3, -0.25) is 4.79 Å². The minimum Gasteiger partial charge on any atom is -0.379 e. The number of aryl methyl sites for hydroxylation is 1. The highest BCUT2D eigenvalue weighted by atomic mass is 32.2. The Bertz CT molecular complexity index is 1310. The fourth-order valence-electron chi connectivity index (χ4n) is 3.99. The standard InChI is InChI=1S/C25H29N5O4S/c1-19-15-21(17-27-28-25(31)18-26-22-7-4-3-5-8-22)20(2)30(19)23-9-6-10-24(16-23)35(32,33)29-11-13-34-14-12-29/h3-10,15-17,26H,11-14,18H2,1-2H3,(H,28,31)/b27-17+. The summed E-state index contributed by atoms with van der Waals surface area (Å²) in [6.07, 6.45) is 1.59. The molecule has 0 aliphatic carbocycles. The molecule has 1 amide bonds. The van der Waals surface area contributed by atoms with Crippen LogP contribution in [0.25, 0.3) is 5.69 Å². The Morgan fingerprint density at radius 1 is 1.06 bits per heavy atom. The molecule has 1 aromatic heterocycles. The van der Waals surface area contributed by atoms with Gasteiger partial charge >= 0.3 is 0 Å². The van der Waals surface area contributed by atoms with Crippen molar-refractivity contribution in [2.45, 2.75) is 18.7 Å². The van der Waals surface area contributed by atoms with Gasteiger partial charge < -0.3 is 14.6 Å². The molecular weight excluding hydrogens is 466 g/mol. The molecule has 35 heavy (non-hydrogen) atoms. The number of rotatable bonds is 8. The van der Waals surface area contributed by atoms with E-state index < -0.39 is 10.0 Å². The van der Waals surface area contributed by atoms with Gasteiger partial charge in [-0.25, -0.2) is 13.8 Å². The molecule has 1 aliphatic rings. The zero-order valence-electron chi connectivity index (χ0n) is 19.8. The van der Waals surface area contributed by atoms with Crippen molar-refractivity contribution >= 4 is 27.8 Å². The number of hydrogen-bond acceptors (Lipinski definition) is 6. The molecule has 0 saturated carbocycles. The summed E-state index contributed by atoms with van der Waals surface area (Å²) in [5.74, 6) is -0.264. The third-order valence-corrected chi connectivity index (χ3v) is 7.67. The summed E-state index contributed by atoms with van der Waals surface area (Å²) in [4.78, 5) is 12.3. The first-order valence-electron chi connectivity index (χ1n) is 11.3. The summed E-state index contributed by atoms with van der Waals surface area (Å²) in [6.45, 7) is 5.46. The Kier molecular flexibility index (Phi) is 7.64. The van der Waals surface area contributed by atoms with Gasteiger partial charge in [0.15, 0.2) is 0 Å². The van der Waals surface area contributed by atoms with Crippen molar-refractivity contribution in [1.82, 2.24) is 14.3 Å². The van der Waals surface area contributed by atoms with Crippen LogP contribution in [0.4, 0.5) is 5.69 Å². The predicted molar refractivity (Wildman–Crippen MR) is 135 cm³/mol. The number of amides is 1. The highest BCUT2D eigenvalue weighted by Crippen LogP contribution is 2.24. The van der Waals surface area contributed by atoms with Crippen LogP contribution in [0.5, 0.6) is 0 Å². The molecule has 1 aliphatic heterocycles. The molecule has 3 aromatic rings. The first-order chi connectivity index (χ1) is 16.9. The summed E-state index contributed by atoms with van der Waals surface area (Å²) in [5, 5.41) is 7.12. The number of nitrogens with zero attached hydrogens (tertiary/aromatic N) is 3. The van der Waals surface area contributed by atoms with Gasteiger partial charge in [0.05, 0.1) is 30.9 Å². The van der Waals surface area contributed by atoms with Crippen LogP contribution < -0.4 is 10.7 Å². The van der Waals surface area contributed by atoms with E-state index in [1.165, 1.54) is 4.31 Å². The average molecular weight is 496 g/mol. The van der Waals surface area contributed by atoms with Crippen molar-refractivity contribution in [1.29, 1.82) is 0 Å². The Labute approximate surface area is 205 Å². The minimum absolute atomic E-state index is 0.102. The number of aromatic nitrogens is 1. The molecule has 2 aromatic carbocycles. The van der Waals surface area contributed by atoms with Crippen molar-refractivity contribution in [3.05, 3.63) is 77.6 Å². The van der Waals surface area contributed by atoms with Crippen molar-refractivity contribution in [3.63, 3.8) is 0 Å². The maximum atomic E-state index is 13.1. The number of sulfonamides is 1. The van der Waals surface area contributed by atoms with Crippen LogP contribution in [0.15, 0.2) is 70.7 Å². The van der Waals surface area contributed by atoms with E-state index in [0.29, 0.717) is 26.3 Å². The molecule has 0 spiro atoms. The van der Waals surface area contributed by atoms with Crippen LogP contribution in [0.2, 0.25) is 0 Å². The summed E-state index contributed by atoms with van der Waals surface area (Å²) >= 11 is 0. The number of anilines is 1. The topological polar surface area (TPSA) is 105 Å². The molecule has 2 N–H and O–H groups in total. The van der Waals surface area contributed by atoms with Gasteiger partial charge in [0.1, 0.15) is 0 Å². The Balaban J connectivity index is 1.47. The van der Waals surface area contributed by atoms with Crippen molar-refractivity contribution in [2.75, 3.05) is 38.2 Å². The summed E-state index contributed by atoms with van der Waals surface area (Å²) in [5.41, 5.74) is 6.74. The monoisotopic (exact) mass is 495 g/mol. The van der Waals surface area contributed by atoms with E-state index in [1.54, 1.807) is 24.4 Å². The van der Waals surface area contributed by atoms with Crippen molar-refractivity contribution in [2.24, 2.45) is 5.10 Å². The molecule has 1 saturated heterocycles. The molecule has 2 heterocycles. The predicted octanol–water partition coefficient (Wildman–Crippen LogP) is 2.68. The second-order valence-corrected chi connectivity index (χ2v) is 10.1. The van der Waals surface area contributed by atoms with E-state index in [0.717, 1.165) is 28.3 Å². The number of benzene rings is 2. The zero-order valence-corrected chi connectivity index (χ0v) is 20.6. The highest BCUT2D eigenvalue weighted by molar-refractivity contribution is 7.89. The Hall–Kier alpha value is -3.47. The number of carbonyl (C=O) groups excluding carboxylic acids is 1. The summed E-state index contributed by atoms with van der Waals surface area (Å²) < 4.78 is 34.9. The molecule has 1 fully saturated rings. The van der Waals surface area contributed by atoms with E-state index in [2.05, 4.69) is 15.8 Å². The molecular formula is C25H29N5O4S. The zero-order chi connectivity index (χ0) is 24.8. The first-order valence-corrected chi connectivity index (χ1v) is 12.8. The van der Waals surface area contributed by atoms with Gasteiger partial charge in [0.2, 0.25) is 10.0 Å². The lowest BCUT2D eigenvalue weighted by Gasteiger charge is -2.26. The highest BCUT2D eigenvalue weighted by Gasteiger charge is 2.26. The van der Waals surface area contributed by atoms with Crippen LogP contribution >= 0.6 is 0 Å². The number of hydrogen-bond donors (Lipinski definition) is 2. The number of nitrogens with one attached hydrogen (secondary N) is 2. The van der Waals surface area contributed by atoms with Gasteiger partial charge in [-0.2, -0.15) is 9.41 Å². The maximum Gasteiger partial charge on any atom is 0.259 e. The van der Waals surface area contributed by atoms with Crippen LogP contribution in [-0.2, 0) is 19.6 Å². The Morgan fingerprint density at radius 3 is 2.54 bits per heavy atom. The van der Waals surface area contributed by atoms with E-state index in [9.17, 15) is 13.2 Å². The molecule has 4 rings (SSSR count). The maximum absolute atomic E-state index is 13.1. The lowest BCUT2D eigenvalue weighted by atomic mass is 10.2. The SMILES string of the molecule is Cc1cc(/C=N/NC(=O)CNc2ccccc2)c(C)n1-c1cccc(S(=O)(=O)N2CCOCC2)c1. The van der Waals surface area contributed by atoms with Crippen LogP contribution in [-0.4, -0.2) is 62.3 Å². The van der Waals surface area contributed by atoms with Gasteiger partial charge in [-0.15, -0.1) is 0 Å². The minimum atomic E-state index is -3.60. The molecule has 0 unspecified atom stereocenters. The number of hydrazone groups is 1. The average Bonchev–Trinajstić information content (AvgIpc) is 3.16. The third-order valence-electron chi connectivity index (χ3n) is 5.77. The normalized spacial score (nSPS) is 14.8. The lowest BCUT2D eigenvalue weighted by molar-refractivity contribution is -0.119. The lowest BCUT2D eigenvalue weighted by Crippen LogP contribution is -2.40.